The topological polar surface area (TPSA) is 65.5 Å². The van der Waals surface area contributed by atoms with E-state index in [1.807, 2.05) is 6.92 Å². The highest BCUT2D eigenvalue weighted by Gasteiger charge is 2.27. The molecule has 1 aliphatic heterocycles. The maximum Gasteiger partial charge on any atom is 0.255 e. The number of carbonyl (C=O) groups is 1. The van der Waals surface area contributed by atoms with Crippen LogP contribution in [0.15, 0.2) is 12.3 Å². The van der Waals surface area contributed by atoms with Crippen molar-refractivity contribution in [2.75, 3.05) is 25.0 Å². The molecule has 2 heterocycles. The summed E-state index contributed by atoms with van der Waals surface area (Å²) in [6, 6.07) is 1.57. The van der Waals surface area contributed by atoms with Crippen molar-refractivity contribution in [1.29, 1.82) is 0 Å². The Balaban J connectivity index is 2.26. The third kappa shape index (κ3) is 3.86. The lowest BCUT2D eigenvalue weighted by molar-refractivity contribution is 0.0600. The molecule has 1 aromatic rings. The quantitative estimate of drug-likeness (QED) is 0.897. The molecule has 1 amide bonds. The van der Waals surface area contributed by atoms with Crippen molar-refractivity contribution in [3.05, 3.63) is 22.8 Å². The number of rotatable bonds is 4. The van der Waals surface area contributed by atoms with E-state index in [4.69, 9.17) is 11.6 Å². The predicted octanol–water partition coefficient (Wildman–Crippen LogP) is 2.54. The van der Waals surface area contributed by atoms with Crippen molar-refractivity contribution < 1.29 is 9.90 Å². The Hall–Kier alpha value is -1.33. The highest BCUT2D eigenvalue weighted by atomic mass is 35.5. The molecular weight excluding hydrogens is 290 g/mol. The lowest BCUT2D eigenvalue weighted by Gasteiger charge is -2.29. The van der Waals surface area contributed by atoms with Crippen LogP contribution >= 0.6 is 11.6 Å². The van der Waals surface area contributed by atoms with Crippen LogP contribution in [0.5, 0.6) is 0 Å². The van der Waals surface area contributed by atoms with E-state index >= 15 is 0 Å². The summed E-state index contributed by atoms with van der Waals surface area (Å²) in [4.78, 5) is 18.7. The van der Waals surface area contributed by atoms with Crippen LogP contribution in [0.4, 0.5) is 5.82 Å². The summed E-state index contributed by atoms with van der Waals surface area (Å²) < 4.78 is 0. The molecule has 1 saturated heterocycles. The first-order valence-electron chi connectivity index (χ1n) is 7.48. The Morgan fingerprint density at radius 2 is 2.33 bits per heavy atom. The number of amides is 1. The van der Waals surface area contributed by atoms with Crippen LogP contribution in [-0.4, -0.2) is 46.6 Å². The fourth-order valence-electron chi connectivity index (χ4n) is 2.67. The van der Waals surface area contributed by atoms with Crippen LogP contribution < -0.4 is 5.32 Å². The average molecular weight is 312 g/mol. The van der Waals surface area contributed by atoms with Crippen LogP contribution in [0.3, 0.4) is 0 Å². The van der Waals surface area contributed by atoms with E-state index in [2.05, 4.69) is 10.3 Å². The Morgan fingerprint density at radius 1 is 1.52 bits per heavy atom. The van der Waals surface area contributed by atoms with Gasteiger partial charge in [0.2, 0.25) is 0 Å². The molecule has 21 heavy (non-hydrogen) atoms. The molecule has 1 unspecified atom stereocenters. The summed E-state index contributed by atoms with van der Waals surface area (Å²) >= 11 is 6.14. The van der Waals surface area contributed by atoms with Crippen molar-refractivity contribution in [1.82, 2.24) is 9.88 Å². The summed E-state index contributed by atoms with van der Waals surface area (Å²) in [6.07, 6.45) is 5.43. The Bertz CT molecular complexity index is 496. The molecular formula is C15H22ClN3O2. The molecule has 0 saturated carbocycles. The highest BCUT2D eigenvalue weighted by molar-refractivity contribution is 6.33. The molecule has 1 fully saturated rings. The number of pyridine rings is 1. The summed E-state index contributed by atoms with van der Waals surface area (Å²) in [6.45, 7) is 3.35. The van der Waals surface area contributed by atoms with E-state index in [9.17, 15) is 9.90 Å². The van der Waals surface area contributed by atoms with Gasteiger partial charge in [0.1, 0.15) is 5.82 Å². The Morgan fingerprint density at radius 3 is 3.05 bits per heavy atom. The minimum atomic E-state index is -0.123. The van der Waals surface area contributed by atoms with Crippen LogP contribution in [-0.2, 0) is 0 Å². The van der Waals surface area contributed by atoms with Crippen molar-refractivity contribution in [2.24, 2.45) is 0 Å². The summed E-state index contributed by atoms with van der Waals surface area (Å²) in [5.41, 5.74) is 0.447. The number of halogens is 1. The number of aromatic nitrogens is 1. The molecule has 0 spiro atoms. The normalized spacial score (nSPS) is 19.2. The van der Waals surface area contributed by atoms with Gasteiger partial charge in [-0.1, -0.05) is 24.4 Å². The maximum atomic E-state index is 12.8. The second-order valence-corrected chi connectivity index (χ2v) is 5.67. The molecule has 1 aromatic heterocycles. The zero-order valence-electron chi connectivity index (χ0n) is 12.3. The lowest BCUT2D eigenvalue weighted by atomic mass is 10.1. The van der Waals surface area contributed by atoms with Crippen molar-refractivity contribution in [3.8, 4) is 0 Å². The number of aliphatic hydroxyl groups is 1. The first-order valence-corrected chi connectivity index (χ1v) is 7.86. The predicted molar refractivity (Wildman–Crippen MR) is 83.8 cm³/mol. The average Bonchev–Trinajstić information content (AvgIpc) is 2.74. The number of hydrogen-bond acceptors (Lipinski definition) is 4. The summed E-state index contributed by atoms with van der Waals surface area (Å²) in [5, 5.41) is 13.0. The number of aliphatic hydroxyl groups excluding tert-OH is 1. The van der Waals surface area contributed by atoms with Crippen LogP contribution in [0.25, 0.3) is 0 Å². The first kappa shape index (κ1) is 16.0. The third-order valence-electron chi connectivity index (χ3n) is 3.79. The smallest absolute Gasteiger partial charge is 0.255 e. The van der Waals surface area contributed by atoms with E-state index in [-0.39, 0.29) is 18.6 Å². The summed E-state index contributed by atoms with van der Waals surface area (Å²) in [7, 11) is 0. The van der Waals surface area contributed by atoms with Gasteiger partial charge in [-0.05, 0) is 25.8 Å². The van der Waals surface area contributed by atoms with Crippen molar-refractivity contribution in [2.45, 2.75) is 38.6 Å². The fraction of sp³-hybridized carbons (Fsp3) is 0.600. The van der Waals surface area contributed by atoms with Gasteiger partial charge >= 0.3 is 0 Å². The van der Waals surface area contributed by atoms with Crippen LogP contribution in [0.1, 0.15) is 43.0 Å². The number of likely N-dealkylation sites (tertiary alicyclic amines) is 1. The van der Waals surface area contributed by atoms with E-state index in [0.717, 1.165) is 32.2 Å². The lowest BCUT2D eigenvalue weighted by Crippen LogP contribution is -2.42. The van der Waals surface area contributed by atoms with E-state index < -0.39 is 0 Å². The van der Waals surface area contributed by atoms with E-state index in [0.29, 0.717) is 22.9 Å². The molecule has 0 bridgehead atoms. The number of nitrogens with one attached hydrogen (secondary N) is 1. The van der Waals surface area contributed by atoms with Gasteiger partial charge < -0.3 is 15.3 Å². The van der Waals surface area contributed by atoms with Crippen LogP contribution in [0, 0.1) is 0 Å². The first-order chi connectivity index (χ1) is 10.2. The second kappa shape index (κ2) is 7.61. The summed E-state index contributed by atoms with van der Waals surface area (Å²) in [5.74, 6) is 0.517. The third-order valence-corrected chi connectivity index (χ3v) is 4.09. The molecule has 5 nitrogen and oxygen atoms in total. The second-order valence-electron chi connectivity index (χ2n) is 5.26. The Kier molecular flexibility index (Phi) is 5.82. The molecule has 116 valence electrons. The molecule has 0 radical (unpaired) electrons. The van der Waals surface area contributed by atoms with Gasteiger partial charge in [0.15, 0.2) is 0 Å². The van der Waals surface area contributed by atoms with Gasteiger partial charge in [-0.2, -0.15) is 0 Å². The zero-order chi connectivity index (χ0) is 15.2. The number of carbonyl (C=O) groups excluding carboxylic acids is 1. The number of anilines is 1. The van der Waals surface area contributed by atoms with Gasteiger partial charge in [0, 0.05) is 19.3 Å². The SMILES string of the molecule is CCNc1cc(C(=O)N2CCCCCC2CO)c(Cl)cn1. The molecule has 2 rings (SSSR count). The van der Waals surface area contributed by atoms with Gasteiger partial charge in [-0.15, -0.1) is 0 Å². The van der Waals surface area contributed by atoms with Gasteiger partial charge in [-0.25, -0.2) is 4.98 Å². The van der Waals surface area contributed by atoms with E-state index in [1.54, 1.807) is 11.0 Å². The van der Waals surface area contributed by atoms with Crippen molar-refractivity contribution >= 4 is 23.3 Å². The van der Waals surface area contributed by atoms with Crippen LogP contribution in [0.2, 0.25) is 5.02 Å². The molecule has 0 aromatic carbocycles. The largest absolute Gasteiger partial charge is 0.394 e. The molecule has 2 N–H and O–H groups in total. The van der Waals surface area contributed by atoms with Crippen molar-refractivity contribution in [3.63, 3.8) is 0 Å². The minimum absolute atomic E-state index is 0.00545. The monoisotopic (exact) mass is 311 g/mol. The molecule has 1 aliphatic rings. The maximum absolute atomic E-state index is 12.8. The van der Waals surface area contributed by atoms with E-state index in [1.165, 1.54) is 6.20 Å². The number of nitrogens with zero attached hydrogens (tertiary/aromatic N) is 2. The van der Waals surface area contributed by atoms with Gasteiger partial charge in [0.05, 0.1) is 23.2 Å². The zero-order valence-corrected chi connectivity index (χ0v) is 13.1. The fourth-order valence-corrected chi connectivity index (χ4v) is 2.85. The Labute approximate surface area is 130 Å². The van der Waals surface area contributed by atoms with Gasteiger partial charge in [0.25, 0.3) is 5.91 Å². The standard InChI is InChI=1S/C15H22ClN3O2/c1-2-17-14-8-12(13(16)9-18-14)15(21)19-7-5-3-4-6-11(19)10-20/h8-9,11,20H,2-7,10H2,1H3,(H,17,18). The molecule has 0 aliphatic carbocycles. The van der Waals surface area contributed by atoms with Gasteiger partial charge in [-0.3, -0.25) is 4.79 Å². The molecule has 6 heteroatoms. The molecule has 1 atom stereocenters. The number of hydrogen-bond donors (Lipinski definition) is 2. The minimum Gasteiger partial charge on any atom is -0.394 e. The highest BCUT2D eigenvalue weighted by Crippen LogP contribution is 2.24.